The van der Waals surface area contributed by atoms with Crippen molar-refractivity contribution in [2.45, 2.75) is 11.1 Å². The number of aromatic nitrogens is 3. The Labute approximate surface area is 189 Å². The van der Waals surface area contributed by atoms with E-state index in [2.05, 4.69) is 10.1 Å². The van der Waals surface area contributed by atoms with Gasteiger partial charge in [-0.2, -0.15) is 18.3 Å². The van der Waals surface area contributed by atoms with Crippen LogP contribution >= 0.6 is 11.3 Å². The lowest BCUT2D eigenvalue weighted by atomic mass is 10.1. The molecule has 0 radical (unpaired) electrons. The van der Waals surface area contributed by atoms with Gasteiger partial charge in [0.15, 0.2) is 5.69 Å². The predicted molar refractivity (Wildman–Crippen MR) is 113 cm³/mol. The molecular weight excluding hydrogens is 484 g/mol. The SMILES string of the molecule is COc1cc(-c2cc(C(F)(F)F)nn2-c2ccc(S(N)(=O)=O)c(F)c2)ccc1-c1cscn1. The van der Waals surface area contributed by atoms with E-state index in [0.717, 1.165) is 28.9 Å². The van der Waals surface area contributed by atoms with Crippen LogP contribution in [0.5, 0.6) is 5.75 Å². The molecule has 0 saturated carbocycles. The summed E-state index contributed by atoms with van der Waals surface area (Å²) in [6, 6.07) is 8.24. The molecule has 2 aromatic heterocycles. The second-order valence-corrected chi connectivity index (χ2v) is 9.02. The second-order valence-electron chi connectivity index (χ2n) is 6.77. The number of primary sulfonamides is 1. The maximum Gasteiger partial charge on any atom is 0.435 e. The van der Waals surface area contributed by atoms with Gasteiger partial charge in [0.2, 0.25) is 10.0 Å². The Balaban J connectivity index is 1.90. The minimum Gasteiger partial charge on any atom is -0.496 e. The summed E-state index contributed by atoms with van der Waals surface area (Å²) in [7, 11) is -2.94. The van der Waals surface area contributed by atoms with Crippen LogP contribution in [-0.4, -0.2) is 30.3 Å². The van der Waals surface area contributed by atoms with Crippen molar-refractivity contribution in [3.63, 3.8) is 0 Å². The highest BCUT2D eigenvalue weighted by Gasteiger charge is 2.35. The van der Waals surface area contributed by atoms with Gasteiger partial charge >= 0.3 is 6.18 Å². The molecule has 7 nitrogen and oxygen atoms in total. The molecule has 0 saturated heterocycles. The second kappa shape index (κ2) is 8.24. The van der Waals surface area contributed by atoms with Crippen LogP contribution in [-0.2, 0) is 16.2 Å². The molecule has 2 heterocycles. The molecule has 0 aliphatic heterocycles. The number of benzene rings is 2. The van der Waals surface area contributed by atoms with Gasteiger partial charge < -0.3 is 4.74 Å². The summed E-state index contributed by atoms with van der Waals surface area (Å²) in [5.41, 5.74) is 1.83. The highest BCUT2D eigenvalue weighted by atomic mass is 32.2. The summed E-state index contributed by atoms with van der Waals surface area (Å²) < 4.78 is 83.9. The van der Waals surface area contributed by atoms with E-state index in [9.17, 15) is 26.0 Å². The van der Waals surface area contributed by atoms with E-state index in [0.29, 0.717) is 22.6 Å². The number of nitrogens with two attached hydrogens (primary N) is 1. The molecule has 0 spiro atoms. The van der Waals surface area contributed by atoms with Crippen LogP contribution < -0.4 is 9.88 Å². The Morgan fingerprint density at radius 2 is 1.88 bits per heavy atom. The smallest absolute Gasteiger partial charge is 0.435 e. The quantitative estimate of drug-likeness (QED) is 0.409. The molecule has 0 atom stereocenters. The topological polar surface area (TPSA) is 100 Å². The largest absolute Gasteiger partial charge is 0.496 e. The molecule has 0 amide bonds. The number of halogens is 4. The standard InChI is InChI=1S/C20H14F4N4O3S2/c1-31-17-6-11(2-4-13(17)15-9-32-10-26-15)16-8-19(20(22,23)24)27-28(16)12-3-5-18(14(21)7-12)33(25,29)30/h2-10H,1H3,(H2,25,29,30). The molecule has 2 N–H and O–H groups in total. The molecule has 0 fully saturated rings. The van der Waals surface area contributed by atoms with Gasteiger partial charge in [-0.05, 0) is 30.3 Å². The number of sulfonamides is 1. The van der Waals surface area contributed by atoms with Gasteiger partial charge in [-0.1, -0.05) is 6.07 Å². The zero-order valence-electron chi connectivity index (χ0n) is 16.7. The molecule has 33 heavy (non-hydrogen) atoms. The molecule has 0 unspecified atom stereocenters. The van der Waals surface area contributed by atoms with E-state index in [4.69, 9.17) is 9.88 Å². The molecule has 4 rings (SSSR count). The van der Waals surface area contributed by atoms with Gasteiger partial charge in [0.1, 0.15) is 16.5 Å². The van der Waals surface area contributed by atoms with Crippen molar-refractivity contribution < 1.29 is 30.7 Å². The maximum absolute atomic E-state index is 14.4. The van der Waals surface area contributed by atoms with Crippen molar-refractivity contribution in [1.29, 1.82) is 0 Å². The molecule has 13 heteroatoms. The predicted octanol–water partition coefficient (Wildman–Crippen LogP) is 4.48. The molecule has 2 aromatic carbocycles. The molecule has 4 aromatic rings. The summed E-state index contributed by atoms with van der Waals surface area (Å²) in [6.07, 6.45) is -4.77. The summed E-state index contributed by atoms with van der Waals surface area (Å²) in [6.45, 7) is 0. The van der Waals surface area contributed by atoms with Crippen LogP contribution in [0.15, 0.2) is 58.3 Å². The summed E-state index contributed by atoms with van der Waals surface area (Å²) in [5, 5.41) is 10.3. The highest BCUT2D eigenvalue weighted by Crippen LogP contribution is 2.37. The van der Waals surface area contributed by atoms with Crippen molar-refractivity contribution in [1.82, 2.24) is 14.8 Å². The van der Waals surface area contributed by atoms with Gasteiger partial charge in [0, 0.05) is 22.6 Å². The average Bonchev–Trinajstić information content (AvgIpc) is 3.42. The third kappa shape index (κ3) is 4.47. The number of rotatable bonds is 5. The van der Waals surface area contributed by atoms with E-state index in [1.54, 1.807) is 23.0 Å². The van der Waals surface area contributed by atoms with Gasteiger partial charge in [-0.15, -0.1) is 11.3 Å². The molecular formula is C20H14F4N4O3S2. The summed E-state index contributed by atoms with van der Waals surface area (Å²) in [5.74, 6) is -0.864. The monoisotopic (exact) mass is 498 g/mol. The van der Waals surface area contributed by atoms with Crippen LogP contribution in [0.2, 0.25) is 0 Å². The lowest BCUT2D eigenvalue weighted by Crippen LogP contribution is -2.14. The van der Waals surface area contributed by atoms with E-state index in [1.165, 1.54) is 24.5 Å². The van der Waals surface area contributed by atoms with Crippen molar-refractivity contribution in [3.8, 4) is 34.0 Å². The van der Waals surface area contributed by atoms with E-state index in [-0.39, 0.29) is 11.4 Å². The van der Waals surface area contributed by atoms with Crippen LogP contribution in [0.3, 0.4) is 0 Å². The van der Waals surface area contributed by atoms with E-state index in [1.807, 2.05) is 0 Å². The average molecular weight is 498 g/mol. The molecule has 0 bridgehead atoms. The van der Waals surface area contributed by atoms with Crippen molar-refractivity contribution >= 4 is 21.4 Å². The number of hydrogen-bond acceptors (Lipinski definition) is 6. The normalized spacial score (nSPS) is 12.2. The number of methoxy groups -OCH3 is 1. The third-order valence-corrected chi connectivity index (χ3v) is 6.20. The van der Waals surface area contributed by atoms with Crippen LogP contribution in [0.25, 0.3) is 28.2 Å². The zero-order valence-corrected chi connectivity index (χ0v) is 18.3. The fourth-order valence-corrected chi connectivity index (χ4v) is 4.32. The first kappa shape index (κ1) is 22.9. The van der Waals surface area contributed by atoms with Crippen molar-refractivity contribution in [2.75, 3.05) is 7.11 Å². The fraction of sp³-hybridized carbons (Fsp3) is 0.100. The Morgan fingerprint density at radius 3 is 2.45 bits per heavy atom. The van der Waals surface area contributed by atoms with E-state index < -0.39 is 32.6 Å². The Morgan fingerprint density at radius 1 is 1.12 bits per heavy atom. The number of nitrogens with zero attached hydrogens (tertiary/aromatic N) is 3. The highest BCUT2D eigenvalue weighted by molar-refractivity contribution is 7.89. The lowest BCUT2D eigenvalue weighted by molar-refractivity contribution is -0.141. The first-order valence-corrected chi connectivity index (χ1v) is 11.5. The van der Waals surface area contributed by atoms with Gasteiger partial charge in [0.25, 0.3) is 0 Å². The van der Waals surface area contributed by atoms with Crippen molar-refractivity contribution in [3.05, 3.63) is 64.9 Å². The number of alkyl halides is 3. The van der Waals surface area contributed by atoms with Gasteiger partial charge in [-0.3, -0.25) is 0 Å². The zero-order chi connectivity index (χ0) is 24.0. The third-order valence-electron chi connectivity index (χ3n) is 4.67. The maximum atomic E-state index is 14.4. The Hall–Kier alpha value is -3.29. The minimum atomic E-state index is -4.77. The first-order chi connectivity index (χ1) is 15.5. The van der Waals surface area contributed by atoms with Crippen LogP contribution in [0.4, 0.5) is 17.6 Å². The van der Waals surface area contributed by atoms with Crippen LogP contribution in [0, 0.1) is 5.82 Å². The lowest BCUT2D eigenvalue weighted by Gasteiger charge is -2.12. The molecule has 172 valence electrons. The first-order valence-electron chi connectivity index (χ1n) is 9.06. The number of thiazole rings is 1. The number of hydrogen-bond donors (Lipinski definition) is 1. The van der Waals surface area contributed by atoms with Gasteiger partial charge in [0.05, 0.1) is 29.7 Å². The fourth-order valence-electron chi connectivity index (χ4n) is 3.18. The molecule has 0 aliphatic rings. The van der Waals surface area contributed by atoms with Gasteiger partial charge in [-0.25, -0.2) is 27.6 Å². The summed E-state index contributed by atoms with van der Waals surface area (Å²) >= 11 is 1.37. The Bertz CT molecular complexity index is 1430. The summed E-state index contributed by atoms with van der Waals surface area (Å²) in [4.78, 5) is 3.42. The van der Waals surface area contributed by atoms with Crippen molar-refractivity contribution in [2.24, 2.45) is 5.14 Å². The van der Waals surface area contributed by atoms with E-state index >= 15 is 0 Å². The minimum absolute atomic E-state index is 0.0202. The Kier molecular flexibility index (Phi) is 5.72. The van der Waals surface area contributed by atoms with Crippen LogP contribution in [0.1, 0.15) is 5.69 Å². The molecule has 0 aliphatic carbocycles. The number of ether oxygens (including phenoxy) is 1.